The zero-order chi connectivity index (χ0) is 24.1. The third-order valence-electron chi connectivity index (χ3n) is 5.84. The van der Waals surface area contributed by atoms with Crippen LogP contribution in [0.3, 0.4) is 0 Å². The molecule has 34 heavy (non-hydrogen) atoms. The minimum atomic E-state index is -0.414. The molecule has 0 radical (unpaired) electrons. The molecule has 0 unspecified atom stereocenters. The number of imide groups is 1. The fourth-order valence-corrected chi connectivity index (χ4v) is 3.98. The molecule has 6 heteroatoms. The van der Waals surface area contributed by atoms with E-state index in [2.05, 4.69) is 12.2 Å². The van der Waals surface area contributed by atoms with E-state index in [1.54, 1.807) is 50.6 Å². The highest BCUT2D eigenvalue weighted by Crippen LogP contribution is 2.36. The largest absolute Gasteiger partial charge is 0.497 e. The summed E-state index contributed by atoms with van der Waals surface area (Å²) >= 11 is 0. The molecule has 0 saturated carbocycles. The van der Waals surface area contributed by atoms with E-state index in [4.69, 9.17) is 9.47 Å². The van der Waals surface area contributed by atoms with Crippen LogP contribution >= 0.6 is 0 Å². The number of amides is 2. The van der Waals surface area contributed by atoms with E-state index >= 15 is 0 Å². The zero-order valence-electron chi connectivity index (χ0n) is 19.6. The molecule has 1 heterocycles. The number of hydrogen-bond acceptors (Lipinski definition) is 5. The molecule has 1 aliphatic rings. The summed E-state index contributed by atoms with van der Waals surface area (Å²) in [6, 6.07) is 22.0. The summed E-state index contributed by atoms with van der Waals surface area (Å²) in [5.74, 6) is 0.444. The van der Waals surface area contributed by atoms with Crippen LogP contribution in [0.1, 0.15) is 30.9 Å². The van der Waals surface area contributed by atoms with Crippen molar-refractivity contribution in [1.82, 2.24) is 0 Å². The molecule has 0 aliphatic carbocycles. The molecule has 4 rings (SSSR count). The van der Waals surface area contributed by atoms with Gasteiger partial charge in [-0.25, -0.2) is 4.90 Å². The average Bonchev–Trinajstić information content (AvgIpc) is 3.12. The van der Waals surface area contributed by atoms with Crippen LogP contribution in [0.15, 0.2) is 78.5 Å². The lowest BCUT2D eigenvalue weighted by atomic mass is 10.0. The van der Waals surface area contributed by atoms with Crippen molar-refractivity contribution < 1.29 is 19.1 Å². The first-order chi connectivity index (χ1) is 16.6. The van der Waals surface area contributed by atoms with Crippen molar-refractivity contribution in [3.05, 3.63) is 89.6 Å². The number of hydrogen-bond donors (Lipinski definition) is 1. The van der Waals surface area contributed by atoms with Crippen molar-refractivity contribution in [3.63, 3.8) is 0 Å². The molecule has 0 saturated heterocycles. The number of methoxy groups -OCH3 is 2. The van der Waals surface area contributed by atoms with Gasteiger partial charge in [-0.1, -0.05) is 49.7 Å². The maximum absolute atomic E-state index is 13.6. The molecule has 174 valence electrons. The standard InChI is InChI=1S/C28H28N2O4/c1-4-5-8-19-11-15-21(16-12-19)30-27(31)25(20-13-17-22(33-2)18-14-20)26(28(30)32)29-23-9-6-7-10-24(23)34-3/h6-7,9-18,29H,4-5,8H2,1-3H3. The third kappa shape index (κ3) is 4.53. The highest BCUT2D eigenvalue weighted by Gasteiger charge is 2.40. The van der Waals surface area contributed by atoms with Crippen LogP contribution in [0, 0.1) is 0 Å². The lowest BCUT2D eigenvalue weighted by Gasteiger charge is -2.16. The maximum atomic E-state index is 13.6. The van der Waals surface area contributed by atoms with Gasteiger partial charge in [0.05, 0.1) is 31.2 Å². The zero-order valence-corrected chi connectivity index (χ0v) is 19.6. The number of nitrogens with zero attached hydrogens (tertiary/aromatic N) is 1. The van der Waals surface area contributed by atoms with E-state index < -0.39 is 5.91 Å². The second-order valence-corrected chi connectivity index (χ2v) is 8.02. The van der Waals surface area contributed by atoms with Gasteiger partial charge in [-0.05, 0) is 60.4 Å². The molecular formula is C28H28N2O4. The molecule has 1 aliphatic heterocycles. The number of nitrogens with one attached hydrogen (secondary N) is 1. The van der Waals surface area contributed by atoms with Gasteiger partial charge in [-0.15, -0.1) is 0 Å². The summed E-state index contributed by atoms with van der Waals surface area (Å²) in [5.41, 5.74) is 3.45. The molecule has 3 aromatic rings. The molecule has 0 atom stereocenters. The van der Waals surface area contributed by atoms with E-state index in [1.807, 2.05) is 36.4 Å². The SMILES string of the molecule is CCCCc1ccc(N2C(=O)C(Nc3ccccc3OC)=C(c3ccc(OC)cc3)C2=O)cc1. The number of para-hydroxylation sites is 2. The molecule has 0 bridgehead atoms. The van der Waals surface area contributed by atoms with Crippen LogP contribution in [0.2, 0.25) is 0 Å². The van der Waals surface area contributed by atoms with Gasteiger partial charge in [0.2, 0.25) is 0 Å². The predicted octanol–water partition coefficient (Wildman–Crippen LogP) is 5.44. The first kappa shape index (κ1) is 23.1. The summed E-state index contributed by atoms with van der Waals surface area (Å²) in [5, 5.41) is 3.17. The predicted molar refractivity (Wildman–Crippen MR) is 134 cm³/mol. The summed E-state index contributed by atoms with van der Waals surface area (Å²) in [4.78, 5) is 28.5. The fraction of sp³-hybridized carbons (Fsp3) is 0.214. The second-order valence-electron chi connectivity index (χ2n) is 8.02. The van der Waals surface area contributed by atoms with E-state index in [1.165, 1.54) is 10.5 Å². The lowest BCUT2D eigenvalue weighted by molar-refractivity contribution is -0.120. The van der Waals surface area contributed by atoms with Crippen LogP contribution in [0.4, 0.5) is 11.4 Å². The quantitative estimate of drug-likeness (QED) is 0.434. The summed E-state index contributed by atoms with van der Waals surface area (Å²) in [7, 11) is 3.15. The topological polar surface area (TPSA) is 67.9 Å². The van der Waals surface area contributed by atoms with Crippen LogP contribution in [-0.4, -0.2) is 26.0 Å². The fourth-order valence-electron chi connectivity index (χ4n) is 3.98. The van der Waals surface area contributed by atoms with Gasteiger partial charge in [0.1, 0.15) is 17.2 Å². The first-order valence-electron chi connectivity index (χ1n) is 11.3. The normalized spacial score (nSPS) is 13.4. The maximum Gasteiger partial charge on any atom is 0.282 e. The summed E-state index contributed by atoms with van der Waals surface area (Å²) in [6.07, 6.45) is 3.17. The van der Waals surface area contributed by atoms with Gasteiger partial charge in [-0.2, -0.15) is 0 Å². The number of carbonyl (C=O) groups is 2. The molecule has 0 spiro atoms. The summed E-state index contributed by atoms with van der Waals surface area (Å²) < 4.78 is 10.7. The van der Waals surface area contributed by atoms with Crippen molar-refractivity contribution >= 4 is 28.8 Å². The number of anilines is 2. The van der Waals surface area contributed by atoms with Crippen molar-refractivity contribution in [2.45, 2.75) is 26.2 Å². The Bertz CT molecular complexity index is 1210. The van der Waals surface area contributed by atoms with Gasteiger partial charge < -0.3 is 14.8 Å². The Balaban J connectivity index is 1.75. The number of carbonyl (C=O) groups excluding carboxylic acids is 2. The van der Waals surface area contributed by atoms with E-state index in [0.29, 0.717) is 34.0 Å². The smallest absolute Gasteiger partial charge is 0.282 e. The number of ether oxygens (including phenoxy) is 2. The van der Waals surface area contributed by atoms with Crippen LogP contribution in [-0.2, 0) is 16.0 Å². The van der Waals surface area contributed by atoms with E-state index in [9.17, 15) is 9.59 Å². The third-order valence-corrected chi connectivity index (χ3v) is 5.84. The Morgan fingerprint density at radius 2 is 1.53 bits per heavy atom. The van der Waals surface area contributed by atoms with Gasteiger partial charge in [0.25, 0.3) is 11.8 Å². The number of rotatable bonds is 9. The van der Waals surface area contributed by atoms with Crippen molar-refractivity contribution in [2.24, 2.45) is 0 Å². The molecule has 0 aromatic heterocycles. The monoisotopic (exact) mass is 456 g/mol. The minimum absolute atomic E-state index is 0.203. The Kier molecular flexibility index (Phi) is 6.97. The van der Waals surface area contributed by atoms with Gasteiger partial charge in [-0.3, -0.25) is 9.59 Å². The van der Waals surface area contributed by atoms with Crippen LogP contribution in [0.25, 0.3) is 5.57 Å². The van der Waals surface area contributed by atoms with E-state index in [0.717, 1.165) is 19.3 Å². The molecule has 1 N–H and O–H groups in total. The molecule has 0 fully saturated rings. The molecule has 3 aromatic carbocycles. The van der Waals surface area contributed by atoms with Crippen LogP contribution in [0.5, 0.6) is 11.5 Å². The van der Waals surface area contributed by atoms with Gasteiger partial charge in [0, 0.05) is 0 Å². The first-order valence-corrected chi connectivity index (χ1v) is 11.3. The van der Waals surface area contributed by atoms with Crippen LogP contribution < -0.4 is 19.7 Å². The van der Waals surface area contributed by atoms with Crippen molar-refractivity contribution in [2.75, 3.05) is 24.4 Å². The van der Waals surface area contributed by atoms with Gasteiger partial charge in [0.15, 0.2) is 0 Å². The highest BCUT2D eigenvalue weighted by molar-refractivity contribution is 6.46. The number of unbranched alkanes of at least 4 members (excludes halogenated alkanes) is 1. The van der Waals surface area contributed by atoms with E-state index in [-0.39, 0.29) is 11.6 Å². The highest BCUT2D eigenvalue weighted by atomic mass is 16.5. The Morgan fingerprint density at radius 1 is 0.824 bits per heavy atom. The lowest BCUT2D eigenvalue weighted by Crippen LogP contribution is -2.32. The van der Waals surface area contributed by atoms with Crippen molar-refractivity contribution in [1.29, 1.82) is 0 Å². The van der Waals surface area contributed by atoms with Crippen molar-refractivity contribution in [3.8, 4) is 11.5 Å². The Morgan fingerprint density at radius 3 is 2.18 bits per heavy atom. The minimum Gasteiger partial charge on any atom is -0.497 e. The number of aryl methyl sites for hydroxylation is 1. The number of benzene rings is 3. The molecular weight excluding hydrogens is 428 g/mol. The Hall–Kier alpha value is -4.06. The summed E-state index contributed by atoms with van der Waals surface area (Å²) in [6.45, 7) is 2.15. The molecule has 6 nitrogen and oxygen atoms in total. The molecule has 2 amide bonds. The van der Waals surface area contributed by atoms with Gasteiger partial charge >= 0.3 is 0 Å². The average molecular weight is 457 g/mol. The second kappa shape index (κ2) is 10.3. The Labute approximate surface area is 199 Å².